The normalized spacial score (nSPS) is 10.2. The van der Waals surface area contributed by atoms with E-state index in [-0.39, 0.29) is 0 Å². The molecule has 1 aromatic rings. The van der Waals surface area contributed by atoms with Crippen LogP contribution in [0.2, 0.25) is 0 Å². The number of alkyl halides is 1. The molecule has 0 spiro atoms. The van der Waals surface area contributed by atoms with Crippen LogP contribution in [0, 0.1) is 0 Å². The Kier molecular flexibility index (Phi) is 7.36. The van der Waals surface area contributed by atoms with Crippen molar-refractivity contribution < 1.29 is 4.74 Å². The van der Waals surface area contributed by atoms with Crippen LogP contribution in [0.25, 0.3) is 0 Å². The van der Waals surface area contributed by atoms with Crippen molar-refractivity contribution in [2.24, 2.45) is 0 Å². The summed E-state index contributed by atoms with van der Waals surface area (Å²) in [5.41, 5.74) is 0. The van der Waals surface area contributed by atoms with Crippen molar-refractivity contribution in [1.29, 1.82) is 0 Å². The maximum absolute atomic E-state index is 5.60. The first-order chi connectivity index (χ1) is 7.43. The summed E-state index contributed by atoms with van der Waals surface area (Å²) in [7, 11) is 0. The van der Waals surface area contributed by atoms with Gasteiger partial charge in [0.15, 0.2) is 0 Å². The molecular weight excluding hydrogens is 252 g/mol. The Balaban J connectivity index is 1.93. The topological polar surface area (TPSA) is 9.23 Å². The van der Waals surface area contributed by atoms with Gasteiger partial charge in [-0.25, -0.2) is 0 Å². The molecule has 0 aliphatic rings. The molecule has 0 aliphatic heterocycles. The minimum Gasteiger partial charge on any atom is -0.494 e. The lowest BCUT2D eigenvalue weighted by Crippen LogP contribution is -1.96. The highest BCUT2D eigenvalue weighted by Crippen LogP contribution is 2.10. The lowest BCUT2D eigenvalue weighted by Gasteiger charge is -2.05. The highest BCUT2D eigenvalue weighted by Gasteiger charge is 1.92. The molecule has 0 saturated carbocycles. The SMILES string of the molecule is BrCCCCCCCOc1ccccc1. The van der Waals surface area contributed by atoms with Crippen LogP contribution in [-0.2, 0) is 0 Å². The fraction of sp³-hybridized carbons (Fsp3) is 0.538. The van der Waals surface area contributed by atoms with Crippen LogP contribution in [0.4, 0.5) is 0 Å². The summed E-state index contributed by atoms with van der Waals surface area (Å²) in [4.78, 5) is 0. The molecule has 15 heavy (non-hydrogen) atoms. The molecule has 0 fully saturated rings. The Bertz CT molecular complexity index is 236. The van der Waals surface area contributed by atoms with Crippen LogP contribution in [0.15, 0.2) is 30.3 Å². The second-order valence-corrected chi connectivity index (χ2v) is 4.41. The van der Waals surface area contributed by atoms with Gasteiger partial charge in [0, 0.05) is 5.33 Å². The summed E-state index contributed by atoms with van der Waals surface area (Å²) < 4.78 is 5.60. The van der Waals surface area contributed by atoms with Crippen LogP contribution in [0.1, 0.15) is 32.1 Å². The monoisotopic (exact) mass is 270 g/mol. The summed E-state index contributed by atoms with van der Waals surface area (Å²) in [5.74, 6) is 0.984. The van der Waals surface area contributed by atoms with E-state index in [9.17, 15) is 0 Å². The lowest BCUT2D eigenvalue weighted by atomic mass is 10.2. The number of hydrogen-bond acceptors (Lipinski definition) is 1. The Morgan fingerprint density at radius 2 is 1.53 bits per heavy atom. The summed E-state index contributed by atoms with van der Waals surface area (Å²) in [5, 5.41) is 1.13. The van der Waals surface area contributed by atoms with Crippen molar-refractivity contribution in [1.82, 2.24) is 0 Å². The van der Waals surface area contributed by atoms with Crippen molar-refractivity contribution in [2.75, 3.05) is 11.9 Å². The van der Waals surface area contributed by atoms with E-state index in [0.29, 0.717) is 0 Å². The van der Waals surface area contributed by atoms with E-state index in [0.717, 1.165) is 24.1 Å². The van der Waals surface area contributed by atoms with E-state index < -0.39 is 0 Å². The lowest BCUT2D eigenvalue weighted by molar-refractivity contribution is 0.304. The summed E-state index contributed by atoms with van der Waals surface area (Å²) in [6.45, 7) is 0.846. The van der Waals surface area contributed by atoms with Gasteiger partial charge in [-0.1, -0.05) is 53.4 Å². The zero-order valence-corrected chi connectivity index (χ0v) is 10.7. The van der Waals surface area contributed by atoms with Gasteiger partial charge in [-0.3, -0.25) is 0 Å². The van der Waals surface area contributed by atoms with Gasteiger partial charge in [0.25, 0.3) is 0 Å². The van der Waals surface area contributed by atoms with Gasteiger partial charge in [-0.05, 0) is 25.0 Å². The first-order valence-electron chi connectivity index (χ1n) is 5.67. The largest absolute Gasteiger partial charge is 0.494 e. The fourth-order valence-corrected chi connectivity index (χ4v) is 1.83. The highest BCUT2D eigenvalue weighted by molar-refractivity contribution is 9.09. The molecule has 1 rings (SSSR count). The molecule has 0 unspecified atom stereocenters. The van der Waals surface area contributed by atoms with Gasteiger partial charge in [-0.2, -0.15) is 0 Å². The predicted octanol–water partition coefficient (Wildman–Crippen LogP) is 4.41. The molecule has 0 amide bonds. The first kappa shape index (κ1) is 12.6. The van der Waals surface area contributed by atoms with E-state index >= 15 is 0 Å². The molecule has 0 N–H and O–H groups in total. The minimum atomic E-state index is 0.846. The van der Waals surface area contributed by atoms with Crippen molar-refractivity contribution in [3.63, 3.8) is 0 Å². The van der Waals surface area contributed by atoms with Crippen molar-refractivity contribution in [2.45, 2.75) is 32.1 Å². The Morgan fingerprint density at radius 1 is 0.867 bits per heavy atom. The quantitative estimate of drug-likeness (QED) is 0.502. The zero-order valence-electron chi connectivity index (χ0n) is 9.12. The first-order valence-corrected chi connectivity index (χ1v) is 6.79. The van der Waals surface area contributed by atoms with Gasteiger partial charge in [0.05, 0.1) is 6.61 Å². The molecule has 0 atom stereocenters. The van der Waals surface area contributed by atoms with E-state index in [2.05, 4.69) is 15.9 Å². The number of rotatable bonds is 8. The van der Waals surface area contributed by atoms with E-state index in [1.54, 1.807) is 0 Å². The number of benzene rings is 1. The smallest absolute Gasteiger partial charge is 0.119 e. The number of halogens is 1. The van der Waals surface area contributed by atoms with Crippen LogP contribution in [0.5, 0.6) is 5.75 Å². The fourth-order valence-electron chi connectivity index (χ4n) is 1.43. The maximum atomic E-state index is 5.60. The average Bonchev–Trinajstić information content (AvgIpc) is 2.29. The molecule has 84 valence electrons. The minimum absolute atomic E-state index is 0.846. The van der Waals surface area contributed by atoms with E-state index in [1.807, 2.05) is 30.3 Å². The van der Waals surface area contributed by atoms with Crippen molar-refractivity contribution >= 4 is 15.9 Å². The second-order valence-electron chi connectivity index (χ2n) is 3.62. The van der Waals surface area contributed by atoms with Gasteiger partial charge in [0.1, 0.15) is 5.75 Å². The molecule has 1 aromatic carbocycles. The van der Waals surface area contributed by atoms with E-state index in [1.165, 1.54) is 25.7 Å². The third-order valence-electron chi connectivity index (χ3n) is 2.29. The van der Waals surface area contributed by atoms with Gasteiger partial charge >= 0.3 is 0 Å². The number of hydrogen-bond donors (Lipinski definition) is 0. The van der Waals surface area contributed by atoms with E-state index in [4.69, 9.17) is 4.74 Å². The maximum Gasteiger partial charge on any atom is 0.119 e. The zero-order chi connectivity index (χ0) is 10.8. The molecule has 0 radical (unpaired) electrons. The third kappa shape index (κ3) is 6.56. The summed E-state index contributed by atoms with van der Waals surface area (Å²) >= 11 is 3.44. The molecule has 0 aromatic heterocycles. The molecule has 1 nitrogen and oxygen atoms in total. The number of para-hydroxylation sites is 1. The van der Waals surface area contributed by atoms with Crippen molar-refractivity contribution in [3.8, 4) is 5.75 Å². The Labute approximate surface area is 101 Å². The second kappa shape index (κ2) is 8.78. The van der Waals surface area contributed by atoms with Crippen LogP contribution < -0.4 is 4.74 Å². The van der Waals surface area contributed by atoms with Crippen LogP contribution >= 0.6 is 15.9 Å². The summed E-state index contributed by atoms with van der Waals surface area (Å²) in [6.07, 6.45) is 6.39. The van der Waals surface area contributed by atoms with Crippen LogP contribution in [0.3, 0.4) is 0 Å². The van der Waals surface area contributed by atoms with Gasteiger partial charge in [-0.15, -0.1) is 0 Å². The highest BCUT2D eigenvalue weighted by atomic mass is 79.9. The third-order valence-corrected chi connectivity index (χ3v) is 2.85. The predicted molar refractivity (Wildman–Crippen MR) is 68.8 cm³/mol. The molecule has 2 heteroatoms. The molecular formula is C13H19BrO. The van der Waals surface area contributed by atoms with Crippen molar-refractivity contribution in [3.05, 3.63) is 30.3 Å². The Morgan fingerprint density at radius 3 is 2.27 bits per heavy atom. The molecule has 0 heterocycles. The van der Waals surface area contributed by atoms with Gasteiger partial charge in [0.2, 0.25) is 0 Å². The summed E-state index contributed by atoms with van der Waals surface area (Å²) in [6, 6.07) is 10.0. The average molecular weight is 271 g/mol. The van der Waals surface area contributed by atoms with Crippen LogP contribution in [-0.4, -0.2) is 11.9 Å². The molecule has 0 aliphatic carbocycles. The Hall–Kier alpha value is -0.500. The standard InChI is InChI=1S/C13H19BrO/c14-11-7-2-1-3-8-12-15-13-9-5-4-6-10-13/h4-6,9-10H,1-3,7-8,11-12H2. The molecule has 0 saturated heterocycles. The molecule has 0 bridgehead atoms. The van der Waals surface area contributed by atoms with Gasteiger partial charge < -0.3 is 4.74 Å². The number of ether oxygens (including phenoxy) is 1. The number of unbranched alkanes of at least 4 members (excludes halogenated alkanes) is 4.